The molecule has 3 rings (SSSR count). The first-order valence-corrected chi connectivity index (χ1v) is 8.39. The van der Waals surface area contributed by atoms with Crippen LogP contribution in [0.3, 0.4) is 0 Å². The Morgan fingerprint density at radius 1 is 1.19 bits per heavy atom. The molecule has 0 radical (unpaired) electrons. The van der Waals surface area contributed by atoms with Crippen molar-refractivity contribution in [2.24, 2.45) is 5.92 Å². The van der Waals surface area contributed by atoms with Gasteiger partial charge in [0.05, 0.1) is 17.3 Å². The van der Waals surface area contributed by atoms with Crippen molar-refractivity contribution < 1.29 is 0 Å². The van der Waals surface area contributed by atoms with E-state index >= 15 is 0 Å². The second-order valence-electron chi connectivity index (χ2n) is 6.31. The average molecular weight is 282 g/mol. The lowest BCUT2D eigenvalue weighted by Gasteiger charge is -2.31. The number of hydrogen-bond acceptors (Lipinski definition) is 2. The van der Waals surface area contributed by atoms with Crippen LogP contribution in [-0.2, 0) is 0 Å². The smallest absolute Gasteiger partial charge is 0.0708 e. The van der Waals surface area contributed by atoms with E-state index in [0.29, 0.717) is 6.04 Å². The zero-order chi connectivity index (χ0) is 14.7. The summed E-state index contributed by atoms with van der Waals surface area (Å²) in [5.41, 5.74) is 3.71. The van der Waals surface area contributed by atoms with Gasteiger partial charge < -0.3 is 5.32 Å². The van der Waals surface area contributed by atoms with Gasteiger partial charge in [0.2, 0.25) is 0 Å². The van der Waals surface area contributed by atoms with Crippen molar-refractivity contribution in [1.82, 2.24) is 10.3 Å². The van der Waals surface area contributed by atoms with Gasteiger partial charge >= 0.3 is 0 Å². The van der Waals surface area contributed by atoms with Crippen molar-refractivity contribution in [3.8, 4) is 0 Å². The zero-order valence-electron chi connectivity index (χ0n) is 13.2. The maximum absolute atomic E-state index is 4.97. The van der Waals surface area contributed by atoms with Crippen LogP contribution in [0.15, 0.2) is 30.3 Å². The van der Waals surface area contributed by atoms with Gasteiger partial charge in [0.1, 0.15) is 0 Å². The van der Waals surface area contributed by atoms with E-state index < -0.39 is 0 Å². The van der Waals surface area contributed by atoms with E-state index in [1.165, 1.54) is 48.7 Å². The lowest BCUT2D eigenvalue weighted by Crippen LogP contribution is -2.30. The maximum atomic E-state index is 4.97. The highest BCUT2D eigenvalue weighted by Crippen LogP contribution is 2.34. The largest absolute Gasteiger partial charge is 0.309 e. The van der Waals surface area contributed by atoms with Crippen LogP contribution in [0.25, 0.3) is 10.9 Å². The molecule has 2 nitrogen and oxygen atoms in total. The molecule has 1 aromatic heterocycles. The molecule has 1 unspecified atom stereocenters. The number of pyridine rings is 1. The fourth-order valence-electron chi connectivity index (χ4n) is 3.73. The molecule has 1 fully saturated rings. The zero-order valence-corrected chi connectivity index (χ0v) is 13.2. The lowest BCUT2D eigenvalue weighted by molar-refractivity contribution is 0.271. The van der Waals surface area contributed by atoms with Gasteiger partial charge in [-0.05, 0) is 49.9 Å². The predicted octanol–water partition coefficient (Wildman–Crippen LogP) is 4.77. The van der Waals surface area contributed by atoms with Crippen molar-refractivity contribution in [2.75, 3.05) is 6.54 Å². The topological polar surface area (TPSA) is 24.9 Å². The molecular formula is C19H26N2. The Morgan fingerprint density at radius 3 is 2.71 bits per heavy atom. The number of hydrogen-bond donors (Lipinski definition) is 1. The summed E-state index contributed by atoms with van der Waals surface area (Å²) in [4.78, 5) is 4.97. The summed E-state index contributed by atoms with van der Waals surface area (Å²) >= 11 is 0. The quantitative estimate of drug-likeness (QED) is 0.873. The minimum Gasteiger partial charge on any atom is -0.309 e. The molecule has 1 saturated carbocycles. The van der Waals surface area contributed by atoms with Gasteiger partial charge in [0.15, 0.2) is 0 Å². The van der Waals surface area contributed by atoms with E-state index in [1.54, 1.807) is 0 Å². The highest BCUT2D eigenvalue weighted by Gasteiger charge is 2.25. The molecule has 1 atom stereocenters. The first-order valence-electron chi connectivity index (χ1n) is 8.39. The Kier molecular flexibility index (Phi) is 4.54. The minimum atomic E-state index is 0.415. The average Bonchev–Trinajstić information content (AvgIpc) is 2.53. The third-order valence-electron chi connectivity index (χ3n) is 4.81. The Morgan fingerprint density at radius 2 is 1.95 bits per heavy atom. The number of aryl methyl sites for hydroxylation is 1. The molecule has 0 aliphatic heterocycles. The molecule has 0 amide bonds. The van der Waals surface area contributed by atoms with Crippen LogP contribution in [0, 0.1) is 12.8 Å². The summed E-state index contributed by atoms with van der Waals surface area (Å²) in [5, 5.41) is 4.98. The highest BCUT2D eigenvalue weighted by molar-refractivity contribution is 5.82. The number of fused-ring (bicyclic) bond motifs is 1. The molecule has 2 aromatic rings. The van der Waals surface area contributed by atoms with Crippen LogP contribution < -0.4 is 5.32 Å². The lowest BCUT2D eigenvalue weighted by atomic mass is 9.82. The first kappa shape index (κ1) is 14.5. The van der Waals surface area contributed by atoms with Crippen molar-refractivity contribution in [3.63, 3.8) is 0 Å². The van der Waals surface area contributed by atoms with Gasteiger partial charge in [-0.15, -0.1) is 0 Å². The Hall–Kier alpha value is -1.41. The van der Waals surface area contributed by atoms with Gasteiger partial charge in [0.25, 0.3) is 0 Å². The van der Waals surface area contributed by atoms with Crippen molar-refractivity contribution >= 4 is 10.9 Å². The molecule has 0 bridgehead atoms. The molecule has 1 aliphatic carbocycles. The van der Waals surface area contributed by atoms with Gasteiger partial charge in [0, 0.05) is 5.39 Å². The Labute approximate surface area is 128 Å². The van der Waals surface area contributed by atoms with Crippen molar-refractivity contribution in [2.45, 2.75) is 52.0 Å². The van der Waals surface area contributed by atoms with Crippen LogP contribution in [0.4, 0.5) is 0 Å². The molecular weight excluding hydrogens is 256 g/mol. The number of nitrogens with one attached hydrogen (secondary N) is 1. The number of nitrogens with zero attached hydrogens (tertiary/aromatic N) is 1. The second-order valence-corrected chi connectivity index (χ2v) is 6.31. The van der Waals surface area contributed by atoms with E-state index in [1.807, 2.05) is 0 Å². The third-order valence-corrected chi connectivity index (χ3v) is 4.81. The second kappa shape index (κ2) is 6.57. The third kappa shape index (κ3) is 3.11. The SMILES string of the molecule is CCNC(c1cc(C)c2ccccc2n1)C1CCCCC1. The van der Waals surface area contributed by atoms with Crippen LogP contribution in [0.2, 0.25) is 0 Å². The molecule has 0 spiro atoms. The fourth-order valence-corrected chi connectivity index (χ4v) is 3.73. The van der Waals surface area contributed by atoms with Gasteiger partial charge in [-0.1, -0.05) is 44.4 Å². The summed E-state index contributed by atoms with van der Waals surface area (Å²) < 4.78 is 0. The molecule has 0 saturated heterocycles. The normalized spacial score (nSPS) is 18.0. The van der Waals surface area contributed by atoms with Crippen LogP contribution >= 0.6 is 0 Å². The van der Waals surface area contributed by atoms with E-state index in [4.69, 9.17) is 4.98 Å². The highest BCUT2D eigenvalue weighted by atomic mass is 14.9. The van der Waals surface area contributed by atoms with Gasteiger partial charge in [-0.2, -0.15) is 0 Å². The van der Waals surface area contributed by atoms with Crippen LogP contribution in [-0.4, -0.2) is 11.5 Å². The van der Waals surface area contributed by atoms with Gasteiger partial charge in [-0.3, -0.25) is 4.98 Å². The number of aromatic nitrogens is 1. The summed E-state index contributed by atoms with van der Waals surface area (Å²) in [6.45, 7) is 5.41. The summed E-state index contributed by atoms with van der Waals surface area (Å²) in [7, 11) is 0. The molecule has 2 heteroatoms. The summed E-state index contributed by atoms with van der Waals surface area (Å²) in [5.74, 6) is 0.742. The summed E-state index contributed by atoms with van der Waals surface area (Å²) in [6.07, 6.45) is 6.83. The number of rotatable bonds is 4. The predicted molar refractivity (Wildman–Crippen MR) is 89.5 cm³/mol. The Bertz CT molecular complexity index is 600. The molecule has 1 heterocycles. The van der Waals surface area contributed by atoms with E-state index in [2.05, 4.69) is 49.5 Å². The molecule has 1 aliphatic rings. The Balaban J connectivity index is 1.98. The standard InChI is InChI=1S/C19H26N2/c1-3-20-19(15-9-5-4-6-10-15)18-13-14(2)16-11-7-8-12-17(16)21-18/h7-8,11-13,15,19-20H,3-6,9-10H2,1-2H3. The molecule has 1 N–H and O–H groups in total. The maximum Gasteiger partial charge on any atom is 0.0708 e. The monoisotopic (exact) mass is 282 g/mol. The van der Waals surface area contributed by atoms with Gasteiger partial charge in [-0.25, -0.2) is 0 Å². The van der Waals surface area contributed by atoms with Crippen molar-refractivity contribution in [1.29, 1.82) is 0 Å². The van der Waals surface area contributed by atoms with E-state index in [0.717, 1.165) is 18.0 Å². The number of benzene rings is 1. The molecule has 1 aromatic carbocycles. The summed E-state index contributed by atoms with van der Waals surface area (Å²) in [6, 6.07) is 11.2. The molecule has 21 heavy (non-hydrogen) atoms. The fraction of sp³-hybridized carbons (Fsp3) is 0.526. The molecule has 112 valence electrons. The minimum absolute atomic E-state index is 0.415. The van der Waals surface area contributed by atoms with Crippen molar-refractivity contribution in [3.05, 3.63) is 41.6 Å². The first-order chi connectivity index (χ1) is 10.3. The van der Waals surface area contributed by atoms with E-state index in [9.17, 15) is 0 Å². The van der Waals surface area contributed by atoms with Crippen LogP contribution in [0.1, 0.15) is 56.3 Å². The number of para-hydroxylation sites is 1. The van der Waals surface area contributed by atoms with E-state index in [-0.39, 0.29) is 0 Å². The van der Waals surface area contributed by atoms with Crippen LogP contribution in [0.5, 0.6) is 0 Å².